The maximum absolute atomic E-state index is 13.5. The third-order valence-corrected chi connectivity index (χ3v) is 3.68. The number of rotatable bonds is 3. The Morgan fingerprint density at radius 1 is 1.09 bits per heavy atom. The lowest BCUT2D eigenvalue weighted by molar-refractivity contribution is -0.115. The number of halogens is 1. The largest absolute Gasteiger partial charge is 0.326 e. The van der Waals surface area contributed by atoms with E-state index in [4.69, 9.17) is 0 Å². The summed E-state index contributed by atoms with van der Waals surface area (Å²) in [5, 5.41) is 2.61. The van der Waals surface area contributed by atoms with Crippen molar-refractivity contribution < 1.29 is 18.8 Å². The minimum Gasteiger partial charge on any atom is -0.326 e. The van der Waals surface area contributed by atoms with Crippen molar-refractivity contribution in [3.63, 3.8) is 0 Å². The van der Waals surface area contributed by atoms with E-state index in [1.807, 2.05) is 0 Å². The first-order valence-electron chi connectivity index (χ1n) is 6.97. The van der Waals surface area contributed by atoms with Crippen LogP contribution in [0.3, 0.4) is 0 Å². The summed E-state index contributed by atoms with van der Waals surface area (Å²) < 4.78 is 13.5. The smallest absolute Gasteiger partial charge is 0.261 e. The Morgan fingerprint density at radius 3 is 2.52 bits per heavy atom. The summed E-state index contributed by atoms with van der Waals surface area (Å²) in [5.41, 5.74) is 1.24. The number of imide groups is 1. The highest BCUT2D eigenvalue weighted by molar-refractivity contribution is 6.21. The fourth-order valence-corrected chi connectivity index (χ4v) is 2.46. The summed E-state index contributed by atoms with van der Waals surface area (Å²) in [7, 11) is 1.40. The van der Waals surface area contributed by atoms with Crippen LogP contribution in [0.25, 0.3) is 0 Å². The molecule has 0 unspecified atom stereocenters. The Bertz CT molecular complexity index is 832. The van der Waals surface area contributed by atoms with Gasteiger partial charge >= 0.3 is 0 Å². The number of amides is 3. The Kier molecular flexibility index (Phi) is 3.65. The number of nitrogens with zero attached hydrogens (tertiary/aromatic N) is 1. The molecule has 0 spiro atoms. The Labute approximate surface area is 131 Å². The molecule has 0 bridgehead atoms. The van der Waals surface area contributed by atoms with E-state index in [1.54, 1.807) is 18.2 Å². The average molecular weight is 312 g/mol. The molecule has 0 saturated heterocycles. The van der Waals surface area contributed by atoms with Crippen LogP contribution in [0.2, 0.25) is 0 Å². The van der Waals surface area contributed by atoms with Gasteiger partial charge in [0, 0.05) is 12.7 Å². The van der Waals surface area contributed by atoms with Gasteiger partial charge in [-0.3, -0.25) is 19.3 Å². The third kappa shape index (κ3) is 2.70. The number of carbonyl (C=O) groups excluding carboxylic acids is 3. The molecular formula is C17H13FN2O3. The summed E-state index contributed by atoms with van der Waals surface area (Å²) in [4.78, 5) is 36.7. The summed E-state index contributed by atoms with van der Waals surface area (Å²) in [6.45, 7) is 0. The van der Waals surface area contributed by atoms with Crippen LogP contribution in [0.4, 0.5) is 10.1 Å². The summed E-state index contributed by atoms with van der Waals surface area (Å²) in [6, 6.07) is 10.5. The molecule has 3 amide bonds. The van der Waals surface area contributed by atoms with Gasteiger partial charge in [0.25, 0.3) is 11.8 Å². The lowest BCUT2D eigenvalue weighted by Gasteiger charge is -2.07. The van der Waals surface area contributed by atoms with Crippen LogP contribution in [0.5, 0.6) is 0 Å². The van der Waals surface area contributed by atoms with Crippen LogP contribution >= 0.6 is 0 Å². The molecule has 5 nitrogen and oxygen atoms in total. The topological polar surface area (TPSA) is 66.5 Å². The molecule has 23 heavy (non-hydrogen) atoms. The van der Waals surface area contributed by atoms with E-state index in [9.17, 15) is 18.8 Å². The maximum atomic E-state index is 13.5. The number of hydrogen-bond acceptors (Lipinski definition) is 3. The van der Waals surface area contributed by atoms with Gasteiger partial charge in [-0.05, 0) is 29.8 Å². The van der Waals surface area contributed by atoms with Crippen molar-refractivity contribution in [3.8, 4) is 0 Å². The van der Waals surface area contributed by atoms with Crippen molar-refractivity contribution >= 4 is 23.4 Å². The second kappa shape index (κ2) is 5.64. The fourth-order valence-electron chi connectivity index (χ4n) is 2.46. The molecule has 0 aromatic heterocycles. The SMILES string of the molecule is CN1C(=O)c2ccc(NC(=O)Cc3ccccc3F)cc2C1=O. The van der Waals surface area contributed by atoms with E-state index >= 15 is 0 Å². The van der Waals surface area contributed by atoms with Gasteiger partial charge in [-0.1, -0.05) is 18.2 Å². The van der Waals surface area contributed by atoms with Crippen LogP contribution < -0.4 is 5.32 Å². The van der Waals surface area contributed by atoms with Gasteiger partial charge < -0.3 is 5.32 Å². The van der Waals surface area contributed by atoms with E-state index in [0.29, 0.717) is 11.3 Å². The van der Waals surface area contributed by atoms with Crippen molar-refractivity contribution in [2.75, 3.05) is 12.4 Å². The van der Waals surface area contributed by atoms with E-state index in [1.165, 1.54) is 31.3 Å². The molecule has 0 aliphatic carbocycles. The van der Waals surface area contributed by atoms with E-state index in [2.05, 4.69) is 5.32 Å². The molecular weight excluding hydrogens is 299 g/mol. The van der Waals surface area contributed by atoms with E-state index in [0.717, 1.165) is 4.90 Å². The monoisotopic (exact) mass is 312 g/mol. The first-order chi connectivity index (χ1) is 11.0. The molecule has 1 heterocycles. The first-order valence-corrected chi connectivity index (χ1v) is 6.97. The summed E-state index contributed by atoms with van der Waals surface area (Å²) in [6.07, 6.45) is -0.115. The molecule has 0 saturated carbocycles. The zero-order valence-corrected chi connectivity index (χ0v) is 12.3. The van der Waals surface area contributed by atoms with Crippen LogP contribution in [0.1, 0.15) is 26.3 Å². The highest BCUT2D eigenvalue weighted by atomic mass is 19.1. The number of carbonyl (C=O) groups is 3. The number of fused-ring (bicyclic) bond motifs is 1. The van der Waals surface area contributed by atoms with E-state index < -0.39 is 17.6 Å². The molecule has 116 valence electrons. The molecule has 1 N–H and O–H groups in total. The standard InChI is InChI=1S/C17H13FN2O3/c1-20-16(22)12-7-6-11(9-13(12)17(20)23)19-15(21)8-10-4-2-3-5-14(10)18/h2-7,9H,8H2,1H3,(H,19,21). The molecule has 1 aliphatic heterocycles. The fraction of sp³-hybridized carbons (Fsp3) is 0.118. The summed E-state index contributed by atoms with van der Waals surface area (Å²) in [5.74, 6) is -1.62. The second-order valence-electron chi connectivity index (χ2n) is 5.25. The van der Waals surface area contributed by atoms with Crippen molar-refractivity contribution in [3.05, 3.63) is 65.0 Å². The number of nitrogens with one attached hydrogen (secondary N) is 1. The molecule has 2 aromatic carbocycles. The van der Waals surface area contributed by atoms with Gasteiger partial charge in [-0.25, -0.2) is 4.39 Å². The van der Waals surface area contributed by atoms with Crippen molar-refractivity contribution in [2.45, 2.75) is 6.42 Å². The second-order valence-corrected chi connectivity index (χ2v) is 5.25. The lowest BCUT2D eigenvalue weighted by atomic mass is 10.1. The molecule has 1 aliphatic rings. The zero-order valence-electron chi connectivity index (χ0n) is 12.3. The average Bonchev–Trinajstić information content (AvgIpc) is 2.74. The lowest BCUT2D eigenvalue weighted by Crippen LogP contribution is -2.24. The Hall–Kier alpha value is -3.02. The summed E-state index contributed by atoms with van der Waals surface area (Å²) >= 11 is 0. The number of anilines is 1. The van der Waals surface area contributed by atoms with Gasteiger partial charge in [-0.2, -0.15) is 0 Å². The number of benzene rings is 2. The zero-order chi connectivity index (χ0) is 16.6. The van der Waals surface area contributed by atoms with Crippen LogP contribution in [0.15, 0.2) is 42.5 Å². The quantitative estimate of drug-likeness (QED) is 0.884. The van der Waals surface area contributed by atoms with Gasteiger partial charge in [0.05, 0.1) is 17.5 Å². The van der Waals surface area contributed by atoms with E-state index in [-0.39, 0.29) is 23.5 Å². The van der Waals surface area contributed by atoms with Gasteiger partial charge in [0.15, 0.2) is 0 Å². The Morgan fingerprint density at radius 2 is 1.78 bits per heavy atom. The molecule has 3 rings (SSSR count). The first kappa shape index (κ1) is 14.9. The minimum atomic E-state index is -0.445. The highest BCUT2D eigenvalue weighted by Crippen LogP contribution is 2.24. The van der Waals surface area contributed by atoms with Crippen LogP contribution in [0, 0.1) is 5.82 Å². The minimum absolute atomic E-state index is 0.115. The number of hydrogen-bond donors (Lipinski definition) is 1. The van der Waals surface area contributed by atoms with Gasteiger partial charge in [-0.15, -0.1) is 0 Å². The maximum Gasteiger partial charge on any atom is 0.261 e. The van der Waals surface area contributed by atoms with Crippen molar-refractivity contribution in [1.82, 2.24) is 4.90 Å². The van der Waals surface area contributed by atoms with Gasteiger partial charge in [0.2, 0.25) is 5.91 Å². The van der Waals surface area contributed by atoms with Crippen molar-refractivity contribution in [2.24, 2.45) is 0 Å². The molecule has 0 fully saturated rings. The third-order valence-electron chi connectivity index (χ3n) is 3.68. The van der Waals surface area contributed by atoms with Crippen molar-refractivity contribution in [1.29, 1.82) is 0 Å². The normalized spacial score (nSPS) is 13.2. The Balaban J connectivity index is 1.77. The van der Waals surface area contributed by atoms with Crippen LogP contribution in [-0.2, 0) is 11.2 Å². The molecule has 6 heteroatoms. The van der Waals surface area contributed by atoms with Gasteiger partial charge in [0.1, 0.15) is 5.82 Å². The predicted molar refractivity (Wildman–Crippen MR) is 81.6 cm³/mol. The van der Waals surface area contributed by atoms with Crippen LogP contribution in [-0.4, -0.2) is 29.7 Å². The highest BCUT2D eigenvalue weighted by Gasteiger charge is 2.32. The predicted octanol–water partition coefficient (Wildman–Crippen LogP) is 2.23. The molecule has 2 aromatic rings. The molecule has 0 radical (unpaired) electrons. The molecule has 0 atom stereocenters.